The summed E-state index contributed by atoms with van der Waals surface area (Å²) in [4.78, 5) is 14.0. The molecule has 0 amide bonds. The first-order chi connectivity index (χ1) is 10.7. The highest BCUT2D eigenvalue weighted by Gasteiger charge is 2.14. The van der Waals surface area contributed by atoms with Crippen molar-refractivity contribution in [3.8, 4) is 0 Å². The number of nitrogens with zero attached hydrogens (tertiary/aromatic N) is 3. The Labute approximate surface area is 128 Å². The van der Waals surface area contributed by atoms with E-state index in [1.54, 1.807) is 18.4 Å². The standard InChI is InChI=1S/C16H17N3O3/c1-21-15(20)6-2-4-12-7-9-13(10-8-12)16(18-19-17)14-5-3-11-22-14/h3,5,7-11,16H,2,4,6H2,1H3. The monoisotopic (exact) mass is 299 g/mol. The molecule has 1 aromatic heterocycles. The fourth-order valence-corrected chi connectivity index (χ4v) is 2.19. The Hall–Kier alpha value is -2.72. The van der Waals surface area contributed by atoms with Crippen molar-refractivity contribution in [1.82, 2.24) is 0 Å². The highest BCUT2D eigenvalue weighted by Crippen LogP contribution is 2.27. The lowest BCUT2D eigenvalue weighted by molar-refractivity contribution is -0.140. The van der Waals surface area contributed by atoms with E-state index in [9.17, 15) is 4.79 Å². The summed E-state index contributed by atoms with van der Waals surface area (Å²) in [5.74, 6) is 0.411. The van der Waals surface area contributed by atoms with Crippen molar-refractivity contribution in [2.75, 3.05) is 7.11 Å². The van der Waals surface area contributed by atoms with Gasteiger partial charge >= 0.3 is 5.97 Å². The smallest absolute Gasteiger partial charge is 0.305 e. The summed E-state index contributed by atoms with van der Waals surface area (Å²) >= 11 is 0. The maximum Gasteiger partial charge on any atom is 0.305 e. The second-order valence-corrected chi connectivity index (χ2v) is 4.79. The molecule has 0 spiro atoms. The first-order valence-electron chi connectivity index (χ1n) is 6.98. The lowest BCUT2D eigenvalue weighted by Gasteiger charge is -2.09. The number of esters is 1. The number of hydrogen-bond donors (Lipinski definition) is 0. The van der Waals surface area contributed by atoms with Gasteiger partial charge in [-0.2, -0.15) is 0 Å². The number of methoxy groups -OCH3 is 1. The molecule has 22 heavy (non-hydrogen) atoms. The minimum atomic E-state index is -0.468. The molecule has 1 atom stereocenters. The number of carbonyl (C=O) groups is 1. The lowest BCUT2D eigenvalue weighted by atomic mass is 10.0. The fourth-order valence-electron chi connectivity index (χ4n) is 2.19. The molecule has 1 heterocycles. The Kier molecular flexibility index (Phi) is 5.63. The molecule has 0 saturated heterocycles. The van der Waals surface area contributed by atoms with E-state index in [2.05, 4.69) is 14.8 Å². The third-order valence-electron chi connectivity index (χ3n) is 3.35. The van der Waals surface area contributed by atoms with Gasteiger partial charge in [-0.25, -0.2) is 0 Å². The topological polar surface area (TPSA) is 88.2 Å². The van der Waals surface area contributed by atoms with Crippen molar-refractivity contribution >= 4 is 5.97 Å². The molecule has 0 bridgehead atoms. The van der Waals surface area contributed by atoms with E-state index in [1.165, 1.54) is 7.11 Å². The summed E-state index contributed by atoms with van der Waals surface area (Å²) < 4.78 is 9.93. The summed E-state index contributed by atoms with van der Waals surface area (Å²) in [7, 11) is 1.39. The molecule has 0 N–H and O–H groups in total. The van der Waals surface area contributed by atoms with E-state index in [0.717, 1.165) is 24.0 Å². The van der Waals surface area contributed by atoms with Crippen molar-refractivity contribution < 1.29 is 13.9 Å². The van der Waals surface area contributed by atoms with Crippen LogP contribution in [-0.4, -0.2) is 13.1 Å². The van der Waals surface area contributed by atoms with Gasteiger partial charge in [0.1, 0.15) is 11.8 Å². The van der Waals surface area contributed by atoms with Crippen LogP contribution in [0, 0.1) is 0 Å². The molecule has 0 aliphatic rings. The lowest BCUT2D eigenvalue weighted by Crippen LogP contribution is -2.01. The molecule has 0 aliphatic carbocycles. The summed E-state index contributed by atoms with van der Waals surface area (Å²) in [5, 5.41) is 3.79. The molecule has 114 valence electrons. The van der Waals surface area contributed by atoms with Crippen LogP contribution in [0.3, 0.4) is 0 Å². The molecule has 2 aromatic rings. The van der Waals surface area contributed by atoms with E-state index in [-0.39, 0.29) is 5.97 Å². The molecule has 6 heteroatoms. The average molecular weight is 299 g/mol. The van der Waals surface area contributed by atoms with Crippen LogP contribution in [0.2, 0.25) is 0 Å². The molecule has 0 fully saturated rings. The average Bonchev–Trinajstić information content (AvgIpc) is 3.07. The van der Waals surface area contributed by atoms with Crippen molar-refractivity contribution in [1.29, 1.82) is 0 Å². The van der Waals surface area contributed by atoms with Crippen molar-refractivity contribution in [2.45, 2.75) is 25.3 Å². The molecular formula is C16H17N3O3. The van der Waals surface area contributed by atoms with Gasteiger partial charge < -0.3 is 9.15 Å². The highest BCUT2D eigenvalue weighted by atomic mass is 16.5. The van der Waals surface area contributed by atoms with Crippen molar-refractivity contribution in [3.63, 3.8) is 0 Å². The van der Waals surface area contributed by atoms with Crippen LogP contribution >= 0.6 is 0 Å². The van der Waals surface area contributed by atoms with Crippen LogP contribution < -0.4 is 0 Å². The zero-order valence-electron chi connectivity index (χ0n) is 12.3. The molecule has 0 radical (unpaired) electrons. The Balaban J connectivity index is 2.04. The highest BCUT2D eigenvalue weighted by molar-refractivity contribution is 5.69. The largest absolute Gasteiger partial charge is 0.469 e. The predicted molar refractivity (Wildman–Crippen MR) is 81.1 cm³/mol. The Morgan fingerprint density at radius 2 is 2.14 bits per heavy atom. The SMILES string of the molecule is COC(=O)CCCc1ccc(C(N=[N+]=[N-])c2ccco2)cc1. The zero-order valence-corrected chi connectivity index (χ0v) is 12.3. The summed E-state index contributed by atoms with van der Waals surface area (Å²) in [6.45, 7) is 0. The Morgan fingerprint density at radius 3 is 2.73 bits per heavy atom. The van der Waals surface area contributed by atoms with Gasteiger partial charge in [0.25, 0.3) is 0 Å². The van der Waals surface area contributed by atoms with Gasteiger partial charge in [-0.15, -0.1) is 0 Å². The van der Waals surface area contributed by atoms with Gasteiger partial charge in [-0.3, -0.25) is 4.79 Å². The van der Waals surface area contributed by atoms with Crippen LogP contribution in [0.5, 0.6) is 0 Å². The van der Waals surface area contributed by atoms with Gasteiger partial charge in [0.15, 0.2) is 0 Å². The zero-order chi connectivity index (χ0) is 15.8. The molecule has 0 aliphatic heterocycles. The minimum absolute atomic E-state index is 0.196. The summed E-state index contributed by atoms with van der Waals surface area (Å²) in [6, 6.07) is 10.8. The number of aryl methyl sites for hydroxylation is 1. The van der Waals surface area contributed by atoms with Gasteiger partial charge in [-0.05, 0) is 41.6 Å². The van der Waals surface area contributed by atoms with E-state index in [1.807, 2.05) is 24.3 Å². The second kappa shape index (κ2) is 7.90. The minimum Gasteiger partial charge on any atom is -0.469 e. The quantitative estimate of drug-likeness (QED) is 0.332. The van der Waals surface area contributed by atoms with Crippen LogP contribution in [0.25, 0.3) is 10.4 Å². The maximum atomic E-state index is 11.1. The number of benzene rings is 1. The first-order valence-corrected chi connectivity index (χ1v) is 6.98. The van der Waals surface area contributed by atoms with Crippen LogP contribution in [-0.2, 0) is 16.0 Å². The molecule has 0 saturated carbocycles. The van der Waals surface area contributed by atoms with Gasteiger partial charge in [0.05, 0.1) is 13.4 Å². The predicted octanol–water partition coefficient (Wildman–Crippen LogP) is 4.18. The fraction of sp³-hybridized carbons (Fsp3) is 0.312. The van der Waals surface area contributed by atoms with Crippen LogP contribution in [0.4, 0.5) is 0 Å². The van der Waals surface area contributed by atoms with Gasteiger partial charge in [-0.1, -0.05) is 29.4 Å². The Morgan fingerprint density at radius 1 is 1.36 bits per heavy atom. The number of azide groups is 1. The summed E-state index contributed by atoms with van der Waals surface area (Å²) in [6.07, 6.45) is 3.49. The molecule has 1 aromatic carbocycles. The second-order valence-electron chi connectivity index (χ2n) is 4.79. The van der Waals surface area contributed by atoms with Crippen LogP contribution in [0.15, 0.2) is 52.2 Å². The van der Waals surface area contributed by atoms with E-state index < -0.39 is 6.04 Å². The normalized spacial score (nSPS) is 11.5. The molecule has 2 rings (SSSR count). The number of carbonyl (C=O) groups excluding carboxylic acids is 1. The maximum absolute atomic E-state index is 11.1. The molecule has 1 unspecified atom stereocenters. The first kappa shape index (κ1) is 15.7. The number of hydrogen-bond acceptors (Lipinski definition) is 4. The third kappa shape index (κ3) is 4.14. The van der Waals surface area contributed by atoms with Crippen molar-refractivity contribution in [3.05, 3.63) is 70.0 Å². The van der Waals surface area contributed by atoms with E-state index >= 15 is 0 Å². The Bertz CT molecular complexity index is 644. The van der Waals surface area contributed by atoms with E-state index in [0.29, 0.717) is 12.2 Å². The molecular weight excluding hydrogens is 282 g/mol. The number of furan rings is 1. The van der Waals surface area contributed by atoms with Gasteiger partial charge in [0.2, 0.25) is 0 Å². The van der Waals surface area contributed by atoms with Crippen molar-refractivity contribution in [2.24, 2.45) is 5.11 Å². The van der Waals surface area contributed by atoms with E-state index in [4.69, 9.17) is 9.95 Å². The summed E-state index contributed by atoms with van der Waals surface area (Å²) in [5.41, 5.74) is 10.7. The van der Waals surface area contributed by atoms with Gasteiger partial charge in [0, 0.05) is 11.3 Å². The molecule has 6 nitrogen and oxygen atoms in total. The number of rotatable bonds is 7. The third-order valence-corrected chi connectivity index (χ3v) is 3.35. The number of ether oxygens (including phenoxy) is 1. The van der Waals surface area contributed by atoms with Crippen LogP contribution in [0.1, 0.15) is 35.8 Å².